The second-order valence-electron chi connectivity index (χ2n) is 4.04. The molecule has 2 radical (unpaired) electrons. The highest BCUT2D eigenvalue weighted by Crippen LogP contribution is 2.10. The van der Waals surface area contributed by atoms with Crippen LogP contribution in [0.2, 0.25) is 0 Å². The van der Waals surface area contributed by atoms with E-state index >= 15 is 0 Å². The Labute approximate surface area is 89.3 Å². The third kappa shape index (κ3) is 11.7. The molecule has 0 saturated carbocycles. The minimum absolute atomic E-state index is 0.159. The highest BCUT2D eigenvalue weighted by atomic mass is 16.1. The first-order valence-corrected chi connectivity index (χ1v) is 6.05. The lowest BCUT2D eigenvalue weighted by molar-refractivity contribution is -0.114. The maximum atomic E-state index is 10.4. The zero-order chi connectivity index (χ0) is 10.6. The van der Waals surface area contributed by atoms with E-state index in [1.807, 2.05) is 0 Å². The molecule has 0 fully saturated rings. The van der Waals surface area contributed by atoms with E-state index in [1.165, 1.54) is 44.9 Å². The number of carbonyl (C=O) groups excluding carboxylic acids is 1. The van der Waals surface area contributed by atoms with E-state index in [-0.39, 0.29) is 5.78 Å². The first-order valence-electron chi connectivity index (χ1n) is 6.05. The van der Waals surface area contributed by atoms with Gasteiger partial charge in [0.25, 0.3) is 0 Å². The largest absolute Gasteiger partial charge is 0.299 e. The smallest absolute Gasteiger partial charge is 0.137 e. The fourth-order valence-corrected chi connectivity index (χ4v) is 1.61. The summed E-state index contributed by atoms with van der Waals surface area (Å²) in [5.41, 5.74) is 0. The third-order valence-corrected chi connectivity index (χ3v) is 2.53. The van der Waals surface area contributed by atoms with Gasteiger partial charge in [0.1, 0.15) is 5.78 Å². The van der Waals surface area contributed by atoms with E-state index in [4.69, 9.17) is 6.92 Å². The Morgan fingerprint density at radius 2 is 1.29 bits per heavy atom. The van der Waals surface area contributed by atoms with Crippen LogP contribution in [0.15, 0.2) is 0 Å². The van der Waals surface area contributed by atoms with Gasteiger partial charge in [0.05, 0.1) is 0 Å². The molecule has 14 heavy (non-hydrogen) atoms. The predicted octanol–water partition coefficient (Wildman–Crippen LogP) is 4.19. The summed E-state index contributed by atoms with van der Waals surface area (Å²) in [5, 5.41) is 0. The highest BCUT2D eigenvalue weighted by Gasteiger charge is 1.94. The summed E-state index contributed by atoms with van der Waals surface area (Å²) < 4.78 is 0. The second-order valence-corrected chi connectivity index (χ2v) is 4.04. The Morgan fingerprint density at radius 3 is 1.71 bits per heavy atom. The summed E-state index contributed by atoms with van der Waals surface area (Å²) in [4.78, 5) is 10.4. The molecular formula is C13H24O. The van der Waals surface area contributed by atoms with Gasteiger partial charge in [-0.15, -0.1) is 0 Å². The van der Waals surface area contributed by atoms with Crippen LogP contribution in [0.1, 0.15) is 71.1 Å². The van der Waals surface area contributed by atoms with Crippen molar-refractivity contribution in [1.29, 1.82) is 0 Å². The molecule has 0 aliphatic carbocycles. The predicted molar refractivity (Wildman–Crippen MR) is 61.2 cm³/mol. The molecule has 0 unspecified atom stereocenters. The zero-order valence-electron chi connectivity index (χ0n) is 9.56. The number of hydrogen-bond donors (Lipinski definition) is 0. The Hall–Kier alpha value is -0.330. The van der Waals surface area contributed by atoms with Gasteiger partial charge in [0, 0.05) is 13.3 Å². The van der Waals surface area contributed by atoms with Crippen LogP contribution >= 0.6 is 0 Å². The molecule has 0 spiro atoms. The van der Waals surface area contributed by atoms with Crippen molar-refractivity contribution in [2.24, 2.45) is 0 Å². The minimum Gasteiger partial charge on any atom is -0.299 e. The van der Waals surface area contributed by atoms with Crippen LogP contribution in [-0.4, -0.2) is 5.78 Å². The van der Waals surface area contributed by atoms with E-state index < -0.39 is 0 Å². The molecule has 82 valence electrons. The van der Waals surface area contributed by atoms with Crippen molar-refractivity contribution in [2.75, 3.05) is 0 Å². The Balaban J connectivity index is 2.88. The average Bonchev–Trinajstić information content (AvgIpc) is 2.15. The first kappa shape index (κ1) is 13.7. The summed E-state index contributed by atoms with van der Waals surface area (Å²) in [5.74, 6) is -0.159. The number of rotatable bonds is 10. The molecule has 0 amide bonds. The number of carbonyl (C=O) groups is 1. The summed E-state index contributed by atoms with van der Waals surface area (Å²) >= 11 is 0. The van der Waals surface area contributed by atoms with Crippen LogP contribution in [0.5, 0.6) is 0 Å². The molecule has 0 aromatic rings. The Bertz CT molecular complexity index is 129. The number of hydrogen-bond acceptors (Lipinski definition) is 1. The van der Waals surface area contributed by atoms with Gasteiger partial charge in [-0.05, 0) is 6.42 Å². The molecule has 0 aromatic carbocycles. The van der Waals surface area contributed by atoms with Gasteiger partial charge < -0.3 is 0 Å². The first-order chi connectivity index (χ1) is 6.77. The van der Waals surface area contributed by atoms with Crippen LogP contribution in [0.3, 0.4) is 0 Å². The van der Waals surface area contributed by atoms with Crippen molar-refractivity contribution < 1.29 is 4.79 Å². The number of Topliss-reactive ketones (excluding diaryl/α,β-unsaturated/α-hetero) is 1. The van der Waals surface area contributed by atoms with Crippen LogP contribution in [0, 0.1) is 6.92 Å². The summed E-state index contributed by atoms with van der Waals surface area (Å²) in [7, 11) is 0. The SMILES string of the molecule is [CH]C(=O)CCCCCCCCCCC. The van der Waals surface area contributed by atoms with Gasteiger partial charge in [0.15, 0.2) is 0 Å². The standard InChI is InChI=1S/C13H24O/c1-3-4-5-6-7-8-9-10-11-12-13(2)14/h2H,3-12H2,1H3. The van der Waals surface area contributed by atoms with Crippen LogP contribution in [0.4, 0.5) is 0 Å². The minimum atomic E-state index is -0.159. The van der Waals surface area contributed by atoms with Gasteiger partial charge >= 0.3 is 0 Å². The lowest BCUT2D eigenvalue weighted by Gasteiger charge is -2.00. The average molecular weight is 196 g/mol. The molecule has 0 rings (SSSR count). The monoisotopic (exact) mass is 196 g/mol. The molecule has 0 atom stereocenters. The van der Waals surface area contributed by atoms with Crippen molar-refractivity contribution in [1.82, 2.24) is 0 Å². The number of unbranched alkanes of at least 4 members (excludes halogenated alkanes) is 8. The molecule has 0 bridgehead atoms. The van der Waals surface area contributed by atoms with Gasteiger partial charge in [-0.3, -0.25) is 4.79 Å². The van der Waals surface area contributed by atoms with E-state index in [1.54, 1.807) is 0 Å². The lowest BCUT2D eigenvalue weighted by atomic mass is 10.1. The zero-order valence-corrected chi connectivity index (χ0v) is 9.56. The summed E-state index contributed by atoms with van der Waals surface area (Å²) in [6.07, 6.45) is 12.1. The molecule has 0 aliphatic heterocycles. The molecule has 0 saturated heterocycles. The highest BCUT2D eigenvalue weighted by molar-refractivity contribution is 5.82. The third-order valence-electron chi connectivity index (χ3n) is 2.53. The van der Waals surface area contributed by atoms with Crippen LogP contribution in [-0.2, 0) is 4.79 Å². The van der Waals surface area contributed by atoms with E-state index in [2.05, 4.69) is 6.92 Å². The lowest BCUT2D eigenvalue weighted by Crippen LogP contribution is -1.89. The van der Waals surface area contributed by atoms with Crippen molar-refractivity contribution >= 4 is 5.78 Å². The van der Waals surface area contributed by atoms with Gasteiger partial charge in [-0.25, -0.2) is 0 Å². The quantitative estimate of drug-likeness (QED) is 0.479. The molecule has 0 N–H and O–H groups in total. The summed E-state index contributed by atoms with van der Waals surface area (Å²) in [6.45, 7) is 7.29. The summed E-state index contributed by atoms with van der Waals surface area (Å²) in [6, 6.07) is 0. The van der Waals surface area contributed by atoms with Gasteiger partial charge in [-0.2, -0.15) is 0 Å². The maximum Gasteiger partial charge on any atom is 0.137 e. The van der Waals surface area contributed by atoms with Gasteiger partial charge in [-0.1, -0.05) is 58.3 Å². The van der Waals surface area contributed by atoms with Crippen LogP contribution in [0.25, 0.3) is 0 Å². The molecule has 0 aromatic heterocycles. The molecular weight excluding hydrogens is 172 g/mol. The normalized spacial score (nSPS) is 10.4. The topological polar surface area (TPSA) is 17.1 Å². The van der Waals surface area contributed by atoms with Gasteiger partial charge in [0.2, 0.25) is 0 Å². The van der Waals surface area contributed by atoms with Crippen molar-refractivity contribution in [3.8, 4) is 0 Å². The van der Waals surface area contributed by atoms with E-state index in [9.17, 15) is 4.79 Å². The molecule has 1 nitrogen and oxygen atoms in total. The Kier molecular flexibility index (Phi) is 10.5. The van der Waals surface area contributed by atoms with E-state index in [0.29, 0.717) is 6.42 Å². The van der Waals surface area contributed by atoms with Crippen molar-refractivity contribution in [2.45, 2.75) is 71.1 Å². The Morgan fingerprint density at radius 1 is 0.857 bits per heavy atom. The van der Waals surface area contributed by atoms with Crippen LogP contribution < -0.4 is 0 Å². The van der Waals surface area contributed by atoms with E-state index in [0.717, 1.165) is 12.8 Å². The fraction of sp³-hybridized carbons (Fsp3) is 0.846. The van der Waals surface area contributed by atoms with Crippen molar-refractivity contribution in [3.63, 3.8) is 0 Å². The number of ketones is 1. The molecule has 0 aliphatic rings. The fourth-order valence-electron chi connectivity index (χ4n) is 1.61. The van der Waals surface area contributed by atoms with Crippen molar-refractivity contribution in [3.05, 3.63) is 6.92 Å². The molecule has 1 heteroatoms. The molecule has 0 heterocycles. The second kappa shape index (κ2) is 10.7. The maximum absolute atomic E-state index is 10.4.